The van der Waals surface area contributed by atoms with Crippen LogP contribution in [0.1, 0.15) is 47.9 Å². The Morgan fingerprint density at radius 1 is 0.895 bits per heavy atom. The second-order valence-corrected chi connectivity index (χ2v) is 10.1. The summed E-state index contributed by atoms with van der Waals surface area (Å²) in [6.07, 6.45) is 3.06. The number of amides is 2. The van der Waals surface area contributed by atoms with Crippen LogP contribution in [0.25, 0.3) is 0 Å². The van der Waals surface area contributed by atoms with Gasteiger partial charge in [-0.15, -0.1) is 0 Å². The van der Waals surface area contributed by atoms with Gasteiger partial charge in [0.15, 0.2) is 5.60 Å². The van der Waals surface area contributed by atoms with Crippen LogP contribution >= 0.6 is 0 Å². The standard InChI is InChI=1S/C31H34N2O5/c1-21-16-22(2)18-25(17-21)32-28(34)20-24-10-12-26(13-11-24)38-31(14-6-7-15-31)30(37)33-27(29(35)36)19-23-8-4-3-5-9-23/h3-5,8-13,16-18,27H,6-7,14-15,19-20H2,1-2H3,(H,32,34)(H,33,37)(H,35,36)/t27-/m0/s1. The van der Waals surface area contributed by atoms with Crippen molar-refractivity contribution in [3.63, 3.8) is 0 Å². The van der Waals surface area contributed by atoms with E-state index in [9.17, 15) is 19.5 Å². The van der Waals surface area contributed by atoms with Crippen molar-refractivity contribution in [3.8, 4) is 5.75 Å². The second-order valence-electron chi connectivity index (χ2n) is 10.1. The Bertz CT molecular complexity index is 1260. The molecule has 2 amide bonds. The lowest BCUT2D eigenvalue weighted by Crippen LogP contribution is -2.54. The zero-order chi connectivity index (χ0) is 27.1. The maximum absolute atomic E-state index is 13.4. The largest absolute Gasteiger partial charge is 0.480 e. The van der Waals surface area contributed by atoms with Crippen molar-refractivity contribution >= 4 is 23.5 Å². The first-order valence-electron chi connectivity index (χ1n) is 13.0. The molecule has 0 heterocycles. The van der Waals surface area contributed by atoms with Crippen LogP contribution in [0.5, 0.6) is 5.75 Å². The van der Waals surface area contributed by atoms with Gasteiger partial charge in [0.05, 0.1) is 6.42 Å². The first-order valence-corrected chi connectivity index (χ1v) is 13.0. The van der Waals surface area contributed by atoms with Crippen LogP contribution in [0.4, 0.5) is 5.69 Å². The summed E-state index contributed by atoms with van der Waals surface area (Å²) in [5.41, 5.74) is 3.47. The zero-order valence-electron chi connectivity index (χ0n) is 21.8. The van der Waals surface area contributed by atoms with E-state index >= 15 is 0 Å². The van der Waals surface area contributed by atoms with Crippen molar-refractivity contribution < 1.29 is 24.2 Å². The number of hydrogen-bond donors (Lipinski definition) is 3. The number of hydrogen-bond acceptors (Lipinski definition) is 4. The molecule has 3 aromatic rings. The quantitative estimate of drug-likeness (QED) is 0.354. The van der Waals surface area contributed by atoms with Gasteiger partial charge in [-0.25, -0.2) is 4.79 Å². The van der Waals surface area contributed by atoms with Gasteiger partial charge in [0, 0.05) is 12.1 Å². The first-order chi connectivity index (χ1) is 18.2. The van der Waals surface area contributed by atoms with E-state index in [-0.39, 0.29) is 18.7 Å². The molecule has 3 aromatic carbocycles. The highest BCUT2D eigenvalue weighted by Crippen LogP contribution is 2.35. The number of benzene rings is 3. The van der Waals surface area contributed by atoms with Crippen LogP contribution in [-0.4, -0.2) is 34.5 Å². The van der Waals surface area contributed by atoms with Crippen molar-refractivity contribution in [2.24, 2.45) is 0 Å². The number of carboxylic acids is 1. The van der Waals surface area contributed by atoms with Crippen molar-refractivity contribution in [1.29, 1.82) is 0 Å². The Kier molecular flexibility index (Phi) is 8.46. The third-order valence-corrected chi connectivity index (χ3v) is 6.82. The van der Waals surface area contributed by atoms with Crippen molar-refractivity contribution in [2.75, 3.05) is 5.32 Å². The van der Waals surface area contributed by atoms with Crippen LogP contribution in [0.15, 0.2) is 72.8 Å². The summed E-state index contributed by atoms with van der Waals surface area (Å²) < 4.78 is 6.23. The van der Waals surface area contributed by atoms with Crippen LogP contribution in [0, 0.1) is 13.8 Å². The number of carbonyl (C=O) groups excluding carboxylic acids is 2. The molecule has 1 fully saturated rings. The maximum Gasteiger partial charge on any atom is 0.326 e. The van der Waals surface area contributed by atoms with E-state index < -0.39 is 23.5 Å². The molecule has 1 saturated carbocycles. The molecule has 7 nitrogen and oxygen atoms in total. The topological polar surface area (TPSA) is 105 Å². The van der Waals surface area contributed by atoms with Crippen molar-refractivity contribution in [2.45, 2.75) is 64.0 Å². The molecule has 7 heteroatoms. The third kappa shape index (κ3) is 7.00. The predicted octanol–water partition coefficient (Wildman–Crippen LogP) is 4.99. The Morgan fingerprint density at radius 2 is 1.53 bits per heavy atom. The Balaban J connectivity index is 1.39. The monoisotopic (exact) mass is 514 g/mol. The summed E-state index contributed by atoms with van der Waals surface area (Å²) in [5, 5.41) is 15.4. The summed E-state index contributed by atoms with van der Waals surface area (Å²) >= 11 is 0. The minimum absolute atomic E-state index is 0.117. The SMILES string of the molecule is Cc1cc(C)cc(NC(=O)Cc2ccc(OC3(C(=O)N[C@@H](Cc4ccccc4)C(=O)O)CCCC3)cc2)c1. The van der Waals surface area contributed by atoms with E-state index in [1.165, 1.54) is 0 Å². The number of nitrogens with one attached hydrogen (secondary N) is 2. The molecule has 0 aliphatic heterocycles. The van der Waals surface area contributed by atoms with E-state index in [2.05, 4.69) is 16.7 Å². The fraction of sp³-hybridized carbons (Fsp3) is 0.323. The average Bonchev–Trinajstić information content (AvgIpc) is 3.34. The van der Waals surface area contributed by atoms with Gasteiger partial charge in [-0.2, -0.15) is 0 Å². The number of ether oxygens (including phenoxy) is 1. The molecule has 0 aromatic heterocycles. The number of carbonyl (C=O) groups is 3. The summed E-state index contributed by atoms with van der Waals surface area (Å²) in [6, 6.07) is 21.2. The number of aliphatic carboxylic acids is 1. The minimum Gasteiger partial charge on any atom is -0.480 e. The first kappa shape index (κ1) is 26.9. The van der Waals surface area contributed by atoms with E-state index in [1.54, 1.807) is 12.1 Å². The lowest BCUT2D eigenvalue weighted by molar-refractivity contribution is -0.145. The number of carboxylic acid groups (broad SMARTS) is 1. The van der Waals surface area contributed by atoms with Crippen LogP contribution in [-0.2, 0) is 27.2 Å². The number of aryl methyl sites for hydroxylation is 2. The van der Waals surface area contributed by atoms with Gasteiger partial charge in [0.2, 0.25) is 5.91 Å². The molecule has 38 heavy (non-hydrogen) atoms. The third-order valence-electron chi connectivity index (χ3n) is 6.82. The van der Waals surface area contributed by atoms with Crippen LogP contribution < -0.4 is 15.4 Å². The van der Waals surface area contributed by atoms with E-state index in [4.69, 9.17) is 4.74 Å². The molecular formula is C31H34N2O5. The molecular weight excluding hydrogens is 480 g/mol. The Hall–Kier alpha value is -4.13. The normalized spacial score (nSPS) is 14.9. The Labute approximate surface area is 223 Å². The van der Waals surface area contributed by atoms with Gasteiger partial charge in [-0.05, 0) is 86.1 Å². The van der Waals surface area contributed by atoms with Crippen molar-refractivity contribution in [1.82, 2.24) is 5.32 Å². The summed E-state index contributed by atoms with van der Waals surface area (Å²) in [6.45, 7) is 3.98. The predicted molar refractivity (Wildman–Crippen MR) is 146 cm³/mol. The van der Waals surface area contributed by atoms with Crippen LogP contribution in [0.2, 0.25) is 0 Å². The Morgan fingerprint density at radius 3 is 2.13 bits per heavy atom. The van der Waals surface area contributed by atoms with Crippen LogP contribution in [0.3, 0.4) is 0 Å². The van der Waals surface area contributed by atoms with E-state index in [0.29, 0.717) is 18.6 Å². The fourth-order valence-corrected chi connectivity index (χ4v) is 5.00. The average molecular weight is 515 g/mol. The molecule has 0 radical (unpaired) electrons. The van der Waals surface area contributed by atoms with Gasteiger partial charge in [-0.3, -0.25) is 9.59 Å². The van der Waals surface area contributed by atoms with E-state index in [0.717, 1.165) is 40.8 Å². The molecule has 1 atom stereocenters. The molecule has 0 spiro atoms. The lowest BCUT2D eigenvalue weighted by atomic mass is 9.98. The molecule has 4 rings (SSSR count). The molecule has 1 aliphatic rings. The van der Waals surface area contributed by atoms with Gasteiger partial charge >= 0.3 is 5.97 Å². The number of anilines is 1. The molecule has 0 bridgehead atoms. The molecule has 0 unspecified atom stereocenters. The molecule has 3 N–H and O–H groups in total. The van der Waals surface area contributed by atoms with Gasteiger partial charge < -0.3 is 20.5 Å². The number of rotatable bonds is 10. The maximum atomic E-state index is 13.4. The highest BCUT2D eigenvalue weighted by molar-refractivity contribution is 5.92. The summed E-state index contributed by atoms with van der Waals surface area (Å²) in [5.74, 6) is -1.10. The minimum atomic E-state index is -1.12. The van der Waals surface area contributed by atoms with Crippen molar-refractivity contribution in [3.05, 3.63) is 95.1 Å². The van der Waals surface area contributed by atoms with Gasteiger partial charge in [-0.1, -0.05) is 48.5 Å². The fourth-order valence-electron chi connectivity index (χ4n) is 5.00. The van der Waals surface area contributed by atoms with E-state index in [1.807, 2.05) is 68.4 Å². The van der Waals surface area contributed by atoms with Gasteiger partial charge in [0.1, 0.15) is 11.8 Å². The smallest absolute Gasteiger partial charge is 0.326 e. The summed E-state index contributed by atoms with van der Waals surface area (Å²) in [4.78, 5) is 37.8. The molecule has 198 valence electrons. The second kappa shape index (κ2) is 11.9. The lowest BCUT2D eigenvalue weighted by Gasteiger charge is -2.30. The van der Waals surface area contributed by atoms with Gasteiger partial charge in [0.25, 0.3) is 5.91 Å². The zero-order valence-corrected chi connectivity index (χ0v) is 21.8. The highest BCUT2D eigenvalue weighted by atomic mass is 16.5. The molecule has 1 aliphatic carbocycles. The molecule has 0 saturated heterocycles. The summed E-state index contributed by atoms with van der Waals surface area (Å²) in [7, 11) is 0. The highest BCUT2D eigenvalue weighted by Gasteiger charge is 2.45.